The highest BCUT2D eigenvalue weighted by atomic mass is 28.3. The Bertz CT molecular complexity index is 147. The molecule has 0 saturated carbocycles. The van der Waals surface area contributed by atoms with Crippen LogP contribution in [0.25, 0.3) is 0 Å². The fourth-order valence-corrected chi connectivity index (χ4v) is 2.55. The Morgan fingerprint density at radius 2 is 1.57 bits per heavy atom. The van der Waals surface area contributed by atoms with E-state index >= 15 is 0 Å². The van der Waals surface area contributed by atoms with Crippen LogP contribution in [0.3, 0.4) is 0 Å². The average Bonchev–Trinajstić information content (AvgIpc) is 2.02. The third-order valence-corrected chi connectivity index (χ3v) is 8.36. The van der Waals surface area contributed by atoms with Gasteiger partial charge in [-0.05, 0) is 18.0 Å². The highest BCUT2D eigenvalue weighted by molar-refractivity contribution is 6.77. The van der Waals surface area contributed by atoms with Crippen LogP contribution in [0, 0.1) is 0 Å². The Kier molecular flexibility index (Phi) is 5.99. The van der Waals surface area contributed by atoms with Gasteiger partial charge >= 0.3 is 0 Å². The van der Waals surface area contributed by atoms with Crippen molar-refractivity contribution in [3.8, 4) is 0 Å². The highest BCUT2D eigenvalue weighted by Gasteiger charge is 2.34. The lowest BCUT2D eigenvalue weighted by Gasteiger charge is -2.37. The van der Waals surface area contributed by atoms with E-state index in [1.807, 2.05) is 0 Å². The minimum Gasteiger partial charge on any atom is -0.337 e. The smallest absolute Gasteiger partial charge is 0.124 e. The summed E-state index contributed by atoms with van der Waals surface area (Å²) in [7, 11) is -1.22. The van der Waals surface area contributed by atoms with Crippen molar-refractivity contribution >= 4 is 8.24 Å². The molecule has 0 unspecified atom stereocenters. The van der Waals surface area contributed by atoms with Crippen molar-refractivity contribution in [2.24, 2.45) is 0 Å². The molecular weight excluding hydrogens is 186 g/mol. The summed E-state index contributed by atoms with van der Waals surface area (Å²) in [5.41, 5.74) is 0. The molecule has 0 spiro atoms. The molecule has 0 aliphatic rings. The zero-order chi connectivity index (χ0) is 11.2. The van der Waals surface area contributed by atoms with E-state index in [1.165, 1.54) is 32.2 Å². The van der Waals surface area contributed by atoms with E-state index in [0.29, 0.717) is 5.04 Å². The van der Waals surface area contributed by atoms with Gasteiger partial charge in [-0.25, -0.2) is 0 Å². The molecule has 0 aliphatic heterocycles. The summed E-state index contributed by atoms with van der Waals surface area (Å²) >= 11 is 0. The first-order valence-corrected chi connectivity index (χ1v) is 9.06. The van der Waals surface area contributed by atoms with E-state index < -0.39 is 8.24 Å². The standard InChI is InChI=1S/C12H29NSi/c1-7-8-9-10-11-13-14(5,6)12(2,3)4/h13H,7-11H2,1-6H3. The fourth-order valence-electron chi connectivity index (χ4n) is 1.22. The molecule has 0 aromatic carbocycles. The van der Waals surface area contributed by atoms with Gasteiger partial charge in [-0.2, -0.15) is 0 Å². The van der Waals surface area contributed by atoms with Gasteiger partial charge in [0.2, 0.25) is 0 Å². The van der Waals surface area contributed by atoms with Gasteiger partial charge in [0.1, 0.15) is 8.24 Å². The van der Waals surface area contributed by atoms with Gasteiger partial charge in [0, 0.05) is 0 Å². The second kappa shape index (κ2) is 5.91. The zero-order valence-electron chi connectivity index (χ0n) is 11.0. The number of hydrogen-bond acceptors (Lipinski definition) is 1. The first-order valence-electron chi connectivity index (χ1n) is 6.06. The topological polar surface area (TPSA) is 12.0 Å². The van der Waals surface area contributed by atoms with E-state index in [2.05, 4.69) is 45.8 Å². The van der Waals surface area contributed by atoms with Gasteiger partial charge in [0.15, 0.2) is 0 Å². The van der Waals surface area contributed by atoms with Crippen LogP contribution in [-0.4, -0.2) is 14.8 Å². The molecule has 0 heterocycles. The predicted octanol–water partition coefficient (Wildman–Crippen LogP) is 4.16. The number of unbranched alkanes of at least 4 members (excludes halogenated alkanes) is 3. The van der Waals surface area contributed by atoms with Crippen molar-refractivity contribution in [1.82, 2.24) is 4.98 Å². The van der Waals surface area contributed by atoms with Gasteiger partial charge in [0.25, 0.3) is 0 Å². The Morgan fingerprint density at radius 3 is 2.00 bits per heavy atom. The Balaban J connectivity index is 3.67. The third-order valence-electron chi connectivity index (χ3n) is 3.47. The van der Waals surface area contributed by atoms with Crippen molar-refractivity contribution in [3.05, 3.63) is 0 Å². The van der Waals surface area contributed by atoms with Crippen LogP contribution in [0.5, 0.6) is 0 Å². The minimum absolute atomic E-state index is 0.470. The quantitative estimate of drug-likeness (QED) is 0.518. The van der Waals surface area contributed by atoms with E-state index in [9.17, 15) is 0 Å². The molecule has 0 aliphatic carbocycles. The van der Waals surface area contributed by atoms with E-state index in [4.69, 9.17) is 0 Å². The van der Waals surface area contributed by atoms with Crippen LogP contribution >= 0.6 is 0 Å². The Hall–Kier alpha value is 0.177. The first-order chi connectivity index (χ1) is 6.31. The van der Waals surface area contributed by atoms with E-state index in [1.54, 1.807) is 0 Å². The van der Waals surface area contributed by atoms with E-state index in [-0.39, 0.29) is 0 Å². The molecule has 0 aromatic heterocycles. The van der Waals surface area contributed by atoms with E-state index in [0.717, 1.165) is 0 Å². The maximum atomic E-state index is 3.80. The van der Waals surface area contributed by atoms with Crippen LogP contribution in [0.4, 0.5) is 0 Å². The van der Waals surface area contributed by atoms with Crippen LogP contribution in [0.15, 0.2) is 0 Å². The molecule has 0 saturated heterocycles. The number of hydrogen-bond donors (Lipinski definition) is 1. The summed E-state index contributed by atoms with van der Waals surface area (Å²) in [5, 5.41) is 0.470. The largest absolute Gasteiger partial charge is 0.337 e. The number of rotatable bonds is 6. The molecule has 1 nitrogen and oxygen atoms in total. The Labute approximate surface area is 91.8 Å². The van der Waals surface area contributed by atoms with Crippen molar-refractivity contribution < 1.29 is 0 Å². The maximum Gasteiger partial charge on any atom is 0.124 e. The summed E-state index contributed by atoms with van der Waals surface area (Å²) in [6.07, 6.45) is 5.46. The van der Waals surface area contributed by atoms with Gasteiger partial charge in [-0.3, -0.25) is 0 Å². The van der Waals surface area contributed by atoms with Crippen molar-refractivity contribution in [3.63, 3.8) is 0 Å². The van der Waals surface area contributed by atoms with Crippen LogP contribution in [0.1, 0.15) is 53.4 Å². The minimum atomic E-state index is -1.22. The second-order valence-electron chi connectivity index (χ2n) is 5.86. The second-order valence-corrected chi connectivity index (χ2v) is 11.0. The number of nitrogens with one attached hydrogen (secondary N) is 1. The summed E-state index contributed by atoms with van der Waals surface area (Å²) in [6.45, 7) is 15.4. The first kappa shape index (κ1) is 14.2. The molecule has 1 N–H and O–H groups in total. The molecule has 0 atom stereocenters. The van der Waals surface area contributed by atoms with Crippen molar-refractivity contribution in [2.75, 3.05) is 6.54 Å². The molecule has 0 bridgehead atoms. The van der Waals surface area contributed by atoms with Gasteiger partial charge in [0.05, 0.1) is 0 Å². The fraction of sp³-hybridized carbons (Fsp3) is 1.00. The lowest BCUT2D eigenvalue weighted by atomic mass is 10.2. The van der Waals surface area contributed by atoms with Crippen LogP contribution < -0.4 is 4.98 Å². The maximum absolute atomic E-state index is 3.80. The molecule has 0 radical (unpaired) electrons. The molecule has 14 heavy (non-hydrogen) atoms. The van der Waals surface area contributed by atoms with Crippen molar-refractivity contribution in [1.29, 1.82) is 0 Å². The molecule has 0 rings (SSSR count). The SMILES string of the molecule is CCCCCCN[Si](C)(C)C(C)(C)C. The third kappa shape index (κ3) is 5.16. The average molecular weight is 215 g/mol. The highest BCUT2D eigenvalue weighted by Crippen LogP contribution is 2.33. The molecule has 0 aromatic rings. The van der Waals surface area contributed by atoms with Crippen molar-refractivity contribution in [2.45, 2.75) is 71.5 Å². The monoisotopic (exact) mass is 215 g/mol. The Morgan fingerprint density at radius 1 is 1.00 bits per heavy atom. The molecule has 0 amide bonds. The zero-order valence-corrected chi connectivity index (χ0v) is 12.0. The predicted molar refractivity (Wildman–Crippen MR) is 69.3 cm³/mol. The molecule has 0 fully saturated rings. The molecule has 2 heteroatoms. The normalized spacial score (nSPS) is 13.3. The van der Waals surface area contributed by atoms with Crippen LogP contribution in [-0.2, 0) is 0 Å². The molecular formula is C12H29NSi. The lowest BCUT2D eigenvalue weighted by molar-refractivity contribution is 0.630. The summed E-state index contributed by atoms with van der Waals surface area (Å²) in [6, 6.07) is 0. The van der Waals surface area contributed by atoms with Crippen LogP contribution in [0.2, 0.25) is 18.1 Å². The summed E-state index contributed by atoms with van der Waals surface area (Å²) in [4.78, 5) is 3.80. The summed E-state index contributed by atoms with van der Waals surface area (Å²) in [5.74, 6) is 0. The van der Waals surface area contributed by atoms with Gasteiger partial charge in [-0.15, -0.1) is 0 Å². The van der Waals surface area contributed by atoms with Gasteiger partial charge < -0.3 is 4.98 Å². The lowest BCUT2D eigenvalue weighted by Crippen LogP contribution is -2.52. The summed E-state index contributed by atoms with van der Waals surface area (Å²) < 4.78 is 0. The molecule has 86 valence electrons. The van der Waals surface area contributed by atoms with Gasteiger partial charge in [-0.1, -0.05) is 60.1 Å².